The summed E-state index contributed by atoms with van der Waals surface area (Å²) >= 11 is 0. The first-order valence-corrected chi connectivity index (χ1v) is 4.49. The van der Waals surface area contributed by atoms with Gasteiger partial charge in [0.2, 0.25) is 5.78 Å². The van der Waals surface area contributed by atoms with Crippen molar-refractivity contribution in [3.63, 3.8) is 0 Å². The number of Topliss-reactive ketones (excluding diaryl/α,β-unsaturated/α-hetero) is 1. The van der Waals surface area contributed by atoms with E-state index >= 15 is 0 Å². The molecular weight excluding hydrogens is 170 g/mol. The van der Waals surface area contributed by atoms with Crippen LogP contribution in [0.1, 0.15) is 27.2 Å². The fourth-order valence-electron chi connectivity index (χ4n) is 0.704. The topological polar surface area (TPSA) is 66.4 Å². The lowest BCUT2D eigenvalue weighted by molar-refractivity contribution is -0.139. The fourth-order valence-corrected chi connectivity index (χ4v) is 0.704. The van der Waals surface area contributed by atoms with Crippen molar-refractivity contribution in [2.24, 2.45) is 5.92 Å². The van der Waals surface area contributed by atoms with Gasteiger partial charge in [0.05, 0.1) is 6.10 Å². The van der Waals surface area contributed by atoms with Gasteiger partial charge in [0.15, 0.2) is 0 Å². The number of carbonyl (C=O) groups is 2. The summed E-state index contributed by atoms with van der Waals surface area (Å²) in [6.45, 7) is 5.28. The van der Waals surface area contributed by atoms with E-state index in [2.05, 4.69) is 5.32 Å². The Bertz CT molecular complexity index is 189. The zero-order valence-electron chi connectivity index (χ0n) is 8.33. The lowest BCUT2D eigenvalue weighted by atomic mass is 10.1. The van der Waals surface area contributed by atoms with Gasteiger partial charge >= 0.3 is 0 Å². The van der Waals surface area contributed by atoms with Crippen molar-refractivity contribution >= 4 is 11.7 Å². The molecule has 2 N–H and O–H groups in total. The lowest BCUT2D eigenvalue weighted by Gasteiger charge is -2.09. The van der Waals surface area contributed by atoms with Gasteiger partial charge in [-0.05, 0) is 6.42 Å². The van der Waals surface area contributed by atoms with E-state index in [1.54, 1.807) is 20.8 Å². The molecular formula is C9H17NO3. The minimum absolute atomic E-state index is 0.147. The van der Waals surface area contributed by atoms with Gasteiger partial charge in [-0.2, -0.15) is 0 Å². The molecule has 0 bridgehead atoms. The predicted molar refractivity (Wildman–Crippen MR) is 49.2 cm³/mol. The number of ketones is 1. The number of aliphatic hydroxyl groups is 1. The molecule has 1 amide bonds. The van der Waals surface area contributed by atoms with Crippen molar-refractivity contribution in [1.82, 2.24) is 5.32 Å². The van der Waals surface area contributed by atoms with Crippen molar-refractivity contribution in [2.45, 2.75) is 33.3 Å². The monoisotopic (exact) mass is 187 g/mol. The minimum atomic E-state index is -0.609. The second-order valence-corrected chi connectivity index (χ2v) is 3.29. The highest BCUT2D eigenvalue weighted by atomic mass is 16.3. The van der Waals surface area contributed by atoms with Crippen LogP contribution < -0.4 is 5.32 Å². The largest absolute Gasteiger partial charge is 0.391 e. The van der Waals surface area contributed by atoms with Gasteiger partial charge in [0.1, 0.15) is 0 Å². The smallest absolute Gasteiger partial charge is 0.287 e. The second-order valence-electron chi connectivity index (χ2n) is 3.29. The molecule has 13 heavy (non-hydrogen) atoms. The van der Waals surface area contributed by atoms with Crippen LogP contribution >= 0.6 is 0 Å². The number of hydrogen-bond acceptors (Lipinski definition) is 3. The third kappa shape index (κ3) is 4.62. The Morgan fingerprint density at radius 2 is 1.92 bits per heavy atom. The normalized spacial score (nSPS) is 12.7. The SMILES string of the molecule is CC[C@@H](O)CNC(=O)C(=O)C(C)C. The van der Waals surface area contributed by atoms with E-state index in [1.807, 2.05) is 0 Å². The number of rotatable bonds is 5. The van der Waals surface area contributed by atoms with Gasteiger partial charge in [0.25, 0.3) is 5.91 Å². The molecule has 0 aliphatic heterocycles. The molecule has 0 heterocycles. The Kier molecular flexibility index (Phi) is 5.30. The molecule has 0 spiro atoms. The van der Waals surface area contributed by atoms with Crippen LogP contribution in [-0.4, -0.2) is 29.4 Å². The maximum atomic E-state index is 11.0. The highest BCUT2D eigenvalue weighted by Gasteiger charge is 2.17. The molecule has 0 saturated carbocycles. The fraction of sp³-hybridized carbons (Fsp3) is 0.778. The van der Waals surface area contributed by atoms with Crippen LogP contribution in [0.3, 0.4) is 0 Å². The maximum absolute atomic E-state index is 11.0. The van der Waals surface area contributed by atoms with Crippen molar-refractivity contribution in [2.75, 3.05) is 6.54 Å². The zero-order chi connectivity index (χ0) is 10.4. The summed E-state index contributed by atoms with van der Waals surface area (Å²) < 4.78 is 0. The summed E-state index contributed by atoms with van der Waals surface area (Å²) in [5, 5.41) is 11.5. The first kappa shape index (κ1) is 12.1. The molecule has 76 valence electrons. The van der Waals surface area contributed by atoms with Gasteiger partial charge in [-0.25, -0.2) is 0 Å². The van der Waals surface area contributed by atoms with Crippen LogP contribution in [-0.2, 0) is 9.59 Å². The van der Waals surface area contributed by atoms with Crippen LogP contribution in [0.25, 0.3) is 0 Å². The first-order valence-electron chi connectivity index (χ1n) is 4.49. The highest BCUT2D eigenvalue weighted by molar-refractivity contribution is 6.36. The Labute approximate surface area is 78.3 Å². The average molecular weight is 187 g/mol. The van der Waals surface area contributed by atoms with E-state index < -0.39 is 17.8 Å². The Morgan fingerprint density at radius 3 is 2.31 bits per heavy atom. The van der Waals surface area contributed by atoms with Crippen LogP contribution in [0.15, 0.2) is 0 Å². The molecule has 0 saturated heterocycles. The third-order valence-electron chi connectivity index (χ3n) is 1.72. The first-order chi connectivity index (χ1) is 5.99. The van der Waals surface area contributed by atoms with Gasteiger partial charge in [-0.3, -0.25) is 9.59 Å². The lowest BCUT2D eigenvalue weighted by Crippen LogP contribution is -2.38. The number of aliphatic hydroxyl groups excluding tert-OH is 1. The number of carbonyl (C=O) groups excluding carboxylic acids is 2. The number of hydrogen-bond donors (Lipinski definition) is 2. The molecule has 4 heteroatoms. The summed E-state index contributed by atoms with van der Waals surface area (Å²) in [4.78, 5) is 22.1. The summed E-state index contributed by atoms with van der Waals surface area (Å²) in [7, 11) is 0. The van der Waals surface area contributed by atoms with Crippen LogP contribution in [0.4, 0.5) is 0 Å². The third-order valence-corrected chi connectivity index (χ3v) is 1.72. The Balaban J connectivity index is 3.81. The van der Waals surface area contributed by atoms with Crippen molar-refractivity contribution in [3.05, 3.63) is 0 Å². The summed E-state index contributed by atoms with van der Waals surface area (Å²) in [6.07, 6.45) is -0.000198. The summed E-state index contributed by atoms with van der Waals surface area (Å²) in [5.41, 5.74) is 0. The van der Waals surface area contributed by atoms with Crippen molar-refractivity contribution < 1.29 is 14.7 Å². The highest BCUT2D eigenvalue weighted by Crippen LogP contribution is 1.94. The van der Waals surface area contributed by atoms with E-state index in [9.17, 15) is 9.59 Å². The van der Waals surface area contributed by atoms with Crippen LogP contribution in [0.5, 0.6) is 0 Å². The quantitative estimate of drug-likeness (QED) is 0.600. The molecule has 0 aliphatic rings. The molecule has 0 aromatic heterocycles. The van der Waals surface area contributed by atoms with E-state index in [-0.39, 0.29) is 12.5 Å². The van der Waals surface area contributed by atoms with E-state index in [0.717, 1.165) is 0 Å². The summed E-state index contributed by atoms with van der Waals surface area (Å²) in [6, 6.07) is 0. The molecule has 0 fully saturated rings. The molecule has 1 atom stereocenters. The molecule has 0 rings (SSSR count). The maximum Gasteiger partial charge on any atom is 0.287 e. The minimum Gasteiger partial charge on any atom is -0.391 e. The van der Waals surface area contributed by atoms with Gasteiger partial charge in [-0.15, -0.1) is 0 Å². The van der Waals surface area contributed by atoms with Gasteiger partial charge in [0, 0.05) is 12.5 Å². The number of amides is 1. The Morgan fingerprint density at radius 1 is 1.38 bits per heavy atom. The van der Waals surface area contributed by atoms with E-state index in [0.29, 0.717) is 6.42 Å². The van der Waals surface area contributed by atoms with E-state index in [1.165, 1.54) is 0 Å². The summed E-state index contributed by atoms with van der Waals surface area (Å²) in [5.74, 6) is -1.34. The van der Waals surface area contributed by atoms with Crippen molar-refractivity contribution in [1.29, 1.82) is 0 Å². The van der Waals surface area contributed by atoms with Crippen LogP contribution in [0.2, 0.25) is 0 Å². The zero-order valence-corrected chi connectivity index (χ0v) is 8.33. The van der Waals surface area contributed by atoms with Gasteiger partial charge < -0.3 is 10.4 Å². The molecule has 0 aromatic carbocycles. The Hall–Kier alpha value is -0.900. The van der Waals surface area contributed by atoms with Crippen molar-refractivity contribution in [3.8, 4) is 0 Å². The second kappa shape index (κ2) is 5.70. The standard InChI is InChI=1S/C9H17NO3/c1-4-7(11)5-10-9(13)8(12)6(2)3/h6-7,11H,4-5H2,1-3H3,(H,10,13)/t7-/m1/s1. The molecule has 4 nitrogen and oxygen atoms in total. The predicted octanol–water partition coefficient (Wildman–Crippen LogP) is 0.0986. The van der Waals surface area contributed by atoms with E-state index in [4.69, 9.17) is 5.11 Å². The molecule has 0 radical (unpaired) electrons. The molecule has 0 unspecified atom stereocenters. The van der Waals surface area contributed by atoms with Crippen LogP contribution in [0, 0.1) is 5.92 Å². The van der Waals surface area contributed by atoms with Gasteiger partial charge in [-0.1, -0.05) is 20.8 Å². The number of nitrogens with one attached hydrogen (secondary N) is 1. The average Bonchev–Trinajstić information content (AvgIpc) is 2.11. The molecule has 0 aromatic rings. The molecule has 0 aliphatic carbocycles.